The molecular weight excluding hydrogens is 359 g/mol. The van der Waals surface area contributed by atoms with E-state index in [9.17, 15) is 22.8 Å². The number of benzene rings is 2. The summed E-state index contributed by atoms with van der Waals surface area (Å²) in [5.74, 6) is 0. The molecule has 4 rings (SSSR count). The van der Waals surface area contributed by atoms with Crippen LogP contribution in [0.3, 0.4) is 0 Å². The molecule has 2 aromatic carbocycles. The van der Waals surface area contributed by atoms with Crippen molar-refractivity contribution in [3.8, 4) is 0 Å². The normalized spacial score (nSPS) is 15.1. The Hall–Kier alpha value is -2.87. The minimum Gasteiger partial charge on any atom is -0.316 e. The fraction of sp³-hybridized carbons (Fsp3) is 0.263. The first kappa shape index (κ1) is 17.5. The molecule has 2 heterocycles. The number of nitrogens with one attached hydrogen (secondary N) is 2. The summed E-state index contributed by atoms with van der Waals surface area (Å²) in [6, 6.07) is 8.98. The Morgan fingerprint density at radius 2 is 1.81 bits per heavy atom. The molecule has 1 aliphatic rings. The monoisotopic (exact) mass is 375 g/mol. The van der Waals surface area contributed by atoms with Crippen LogP contribution in [0.4, 0.5) is 13.2 Å². The van der Waals surface area contributed by atoms with Crippen LogP contribution < -0.4 is 11.1 Å². The van der Waals surface area contributed by atoms with Crippen molar-refractivity contribution in [2.24, 2.45) is 0 Å². The molecule has 0 spiro atoms. The predicted octanol–water partition coefficient (Wildman–Crippen LogP) is 2.79. The maximum Gasteiger partial charge on any atom is 0.416 e. The van der Waals surface area contributed by atoms with Crippen molar-refractivity contribution in [2.75, 3.05) is 6.54 Å². The van der Waals surface area contributed by atoms with Gasteiger partial charge in [-0.05, 0) is 35.2 Å². The molecule has 2 N–H and O–H groups in total. The van der Waals surface area contributed by atoms with Gasteiger partial charge in [-0.1, -0.05) is 24.3 Å². The van der Waals surface area contributed by atoms with Crippen molar-refractivity contribution in [2.45, 2.75) is 25.7 Å². The van der Waals surface area contributed by atoms with Crippen molar-refractivity contribution in [1.82, 2.24) is 14.9 Å². The van der Waals surface area contributed by atoms with Crippen LogP contribution in [0.1, 0.15) is 22.3 Å². The van der Waals surface area contributed by atoms with Crippen LogP contribution in [0, 0.1) is 0 Å². The Labute approximate surface area is 151 Å². The maximum atomic E-state index is 12.9. The molecule has 0 bridgehead atoms. The average molecular weight is 375 g/mol. The Bertz CT molecular complexity index is 1130. The van der Waals surface area contributed by atoms with E-state index in [2.05, 4.69) is 9.97 Å². The first-order valence-electron chi connectivity index (χ1n) is 8.47. The SMILES string of the molecule is O=c1[nH]c2ccc3c(c2[nH]c1=O)CN(Cc1cccc(C(F)(F)F)c1)CC3. The summed E-state index contributed by atoms with van der Waals surface area (Å²) in [7, 11) is 0. The van der Waals surface area contributed by atoms with Crippen LogP contribution in [0.5, 0.6) is 0 Å². The third kappa shape index (κ3) is 3.40. The van der Waals surface area contributed by atoms with E-state index in [1.807, 2.05) is 11.0 Å². The zero-order chi connectivity index (χ0) is 19.2. The lowest BCUT2D eigenvalue weighted by Gasteiger charge is -2.29. The first-order chi connectivity index (χ1) is 12.8. The lowest BCUT2D eigenvalue weighted by Crippen LogP contribution is -2.33. The molecule has 0 saturated heterocycles. The zero-order valence-electron chi connectivity index (χ0n) is 14.2. The van der Waals surface area contributed by atoms with Gasteiger partial charge in [0.15, 0.2) is 0 Å². The Morgan fingerprint density at radius 3 is 2.59 bits per heavy atom. The second kappa shape index (κ2) is 6.38. The molecule has 5 nitrogen and oxygen atoms in total. The van der Waals surface area contributed by atoms with Crippen LogP contribution in [0.25, 0.3) is 11.0 Å². The number of halogens is 3. The molecule has 0 amide bonds. The van der Waals surface area contributed by atoms with Crippen LogP contribution in [-0.2, 0) is 25.7 Å². The smallest absolute Gasteiger partial charge is 0.316 e. The van der Waals surface area contributed by atoms with Gasteiger partial charge < -0.3 is 9.97 Å². The van der Waals surface area contributed by atoms with Gasteiger partial charge in [0.1, 0.15) is 0 Å². The summed E-state index contributed by atoms with van der Waals surface area (Å²) in [6.07, 6.45) is -3.66. The first-order valence-corrected chi connectivity index (χ1v) is 8.47. The molecule has 0 radical (unpaired) electrons. The van der Waals surface area contributed by atoms with E-state index in [0.717, 1.165) is 23.3 Å². The number of fused-ring (bicyclic) bond motifs is 3. The molecule has 1 aliphatic heterocycles. The van der Waals surface area contributed by atoms with Crippen LogP contribution in [0.2, 0.25) is 0 Å². The molecular formula is C19H16F3N3O2. The molecule has 0 unspecified atom stereocenters. The highest BCUT2D eigenvalue weighted by Gasteiger charge is 2.30. The fourth-order valence-electron chi connectivity index (χ4n) is 3.52. The highest BCUT2D eigenvalue weighted by molar-refractivity contribution is 5.79. The molecule has 0 fully saturated rings. The van der Waals surface area contributed by atoms with Gasteiger partial charge in [0.25, 0.3) is 0 Å². The maximum absolute atomic E-state index is 12.9. The van der Waals surface area contributed by atoms with E-state index >= 15 is 0 Å². The topological polar surface area (TPSA) is 69.0 Å². The Morgan fingerprint density at radius 1 is 1.04 bits per heavy atom. The zero-order valence-corrected chi connectivity index (χ0v) is 14.2. The number of rotatable bonds is 2. The van der Waals surface area contributed by atoms with E-state index in [-0.39, 0.29) is 0 Å². The van der Waals surface area contributed by atoms with E-state index in [1.165, 1.54) is 6.07 Å². The molecule has 1 aromatic heterocycles. The average Bonchev–Trinajstić information content (AvgIpc) is 2.62. The van der Waals surface area contributed by atoms with E-state index in [1.54, 1.807) is 12.1 Å². The van der Waals surface area contributed by atoms with Crippen LogP contribution in [0.15, 0.2) is 46.0 Å². The number of nitrogens with zero attached hydrogens (tertiary/aromatic N) is 1. The number of hydrogen-bond donors (Lipinski definition) is 2. The fourth-order valence-corrected chi connectivity index (χ4v) is 3.52. The summed E-state index contributed by atoms with van der Waals surface area (Å²) in [5.41, 5.74) is 1.56. The van der Waals surface area contributed by atoms with Crippen molar-refractivity contribution in [1.29, 1.82) is 0 Å². The number of H-pyrrole nitrogens is 2. The second-order valence-electron chi connectivity index (χ2n) is 6.69. The van der Waals surface area contributed by atoms with Crippen molar-refractivity contribution >= 4 is 11.0 Å². The van der Waals surface area contributed by atoms with E-state index < -0.39 is 22.9 Å². The number of hydrogen-bond acceptors (Lipinski definition) is 3. The van der Waals surface area contributed by atoms with E-state index in [0.29, 0.717) is 42.7 Å². The highest BCUT2D eigenvalue weighted by Crippen LogP contribution is 2.30. The minimum absolute atomic E-state index is 0.368. The van der Waals surface area contributed by atoms with Crippen LogP contribution >= 0.6 is 0 Å². The quantitative estimate of drug-likeness (QED) is 0.677. The second-order valence-corrected chi connectivity index (χ2v) is 6.69. The van der Waals surface area contributed by atoms with Gasteiger partial charge in [-0.2, -0.15) is 13.2 Å². The van der Waals surface area contributed by atoms with Gasteiger partial charge >= 0.3 is 17.3 Å². The predicted molar refractivity (Wildman–Crippen MR) is 94.5 cm³/mol. The summed E-state index contributed by atoms with van der Waals surface area (Å²) in [6.45, 7) is 1.54. The Balaban J connectivity index is 1.65. The molecule has 0 saturated carbocycles. The van der Waals surface area contributed by atoms with Gasteiger partial charge in [-0.3, -0.25) is 14.5 Å². The summed E-state index contributed by atoms with van der Waals surface area (Å²) in [5, 5.41) is 0. The van der Waals surface area contributed by atoms with Crippen molar-refractivity contribution < 1.29 is 13.2 Å². The number of aromatic nitrogens is 2. The molecule has 0 atom stereocenters. The molecule has 3 aromatic rings. The summed E-state index contributed by atoms with van der Waals surface area (Å²) in [4.78, 5) is 30.4. The van der Waals surface area contributed by atoms with Gasteiger partial charge in [-0.25, -0.2) is 0 Å². The molecule has 0 aliphatic carbocycles. The van der Waals surface area contributed by atoms with Crippen molar-refractivity contribution in [3.05, 3.63) is 79.4 Å². The standard InChI is InChI=1S/C19H16F3N3O2/c20-19(21,22)13-3-1-2-11(8-13)9-25-7-6-12-4-5-15-16(14(12)10-25)24-18(27)17(26)23-15/h1-5,8H,6-7,9-10H2,(H,23,26)(H,24,27). The summed E-state index contributed by atoms with van der Waals surface area (Å²) >= 11 is 0. The largest absolute Gasteiger partial charge is 0.416 e. The van der Waals surface area contributed by atoms with Gasteiger partial charge in [0.05, 0.1) is 16.6 Å². The van der Waals surface area contributed by atoms with Gasteiger partial charge in [0, 0.05) is 19.6 Å². The molecule has 8 heteroatoms. The summed E-state index contributed by atoms with van der Waals surface area (Å²) < 4.78 is 38.7. The van der Waals surface area contributed by atoms with Crippen LogP contribution in [-0.4, -0.2) is 21.4 Å². The van der Waals surface area contributed by atoms with Crippen molar-refractivity contribution in [3.63, 3.8) is 0 Å². The number of aromatic amines is 2. The van der Waals surface area contributed by atoms with Gasteiger partial charge in [0.2, 0.25) is 0 Å². The van der Waals surface area contributed by atoms with E-state index in [4.69, 9.17) is 0 Å². The molecule has 140 valence electrons. The lowest BCUT2D eigenvalue weighted by atomic mass is 9.97. The number of alkyl halides is 3. The Kier molecular flexibility index (Phi) is 4.15. The van der Waals surface area contributed by atoms with Gasteiger partial charge in [-0.15, -0.1) is 0 Å². The third-order valence-electron chi connectivity index (χ3n) is 4.84. The lowest BCUT2D eigenvalue weighted by molar-refractivity contribution is -0.137. The highest BCUT2D eigenvalue weighted by atomic mass is 19.4. The minimum atomic E-state index is -4.37. The molecule has 27 heavy (non-hydrogen) atoms. The third-order valence-corrected chi connectivity index (χ3v) is 4.84.